The number of aryl methyl sites for hydroxylation is 5. The topological polar surface area (TPSA) is 296 Å². The molecule has 4 aliphatic carbocycles. The molecule has 4 aliphatic heterocycles. The number of likely N-dealkylation sites (tertiary alicyclic amines) is 4. The van der Waals surface area contributed by atoms with Crippen LogP contribution in [0.3, 0.4) is 0 Å². The Morgan fingerprint density at radius 3 is 1.21 bits per heavy atom. The van der Waals surface area contributed by atoms with Crippen LogP contribution in [0.2, 0.25) is 0 Å². The number of piperidine rings is 4. The molecule has 8 bridgehead atoms. The van der Waals surface area contributed by atoms with Crippen molar-refractivity contribution in [3.63, 3.8) is 0 Å². The zero-order valence-electron chi connectivity index (χ0n) is 65.1. The number of ether oxygens (including phenoxy) is 4. The lowest BCUT2D eigenvalue weighted by Crippen LogP contribution is -2.47. The molecular weight excluding hydrogens is 1490 g/mol. The molecule has 29 heteroatoms. The fraction of sp³-hybridized carbons (Fsp3) is 0.330. The molecule has 117 heavy (non-hydrogen) atoms. The van der Waals surface area contributed by atoms with Crippen molar-refractivity contribution in [3.05, 3.63) is 270 Å². The van der Waals surface area contributed by atoms with Crippen molar-refractivity contribution < 1.29 is 46.9 Å². The first kappa shape index (κ1) is 76.4. The van der Waals surface area contributed by atoms with E-state index in [-0.39, 0.29) is 77.8 Å². The van der Waals surface area contributed by atoms with Crippen molar-refractivity contribution in [2.24, 2.45) is 23.7 Å². The van der Waals surface area contributed by atoms with Crippen LogP contribution in [-0.4, -0.2) is 193 Å². The quantitative estimate of drug-likeness (QED) is 0.0868. The molecule has 4 amide bonds. The summed E-state index contributed by atoms with van der Waals surface area (Å²) in [5.74, 6) is 3.49. The van der Waals surface area contributed by atoms with E-state index in [4.69, 9.17) is 18.9 Å². The molecular formula is C88H85F2N19O8. The van der Waals surface area contributed by atoms with Crippen molar-refractivity contribution >= 4 is 23.6 Å². The number of carbonyl (C=O) groups excluding carboxylic acids is 4. The van der Waals surface area contributed by atoms with E-state index in [2.05, 4.69) is 65.3 Å². The molecule has 12 unspecified atom stereocenters. The molecule has 20 rings (SSSR count). The lowest BCUT2D eigenvalue weighted by Gasteiger charge is -2.33. The molecule has 594 valence electrons. The summed E-state index contributed by atoms with van der Waals surface area (Å²) in [5.41, 5.74) is 9.13. The average molecular weight is 1570 g/mol. The van der Waals surface area contributed by atoms with Gasteiger partial charge in [-0.3, -0.25) is 23.7 Å². The van der Waals surface area contributed by atoms with Crippen LogP contribution < -0.4 is 18.9 Å². The van der Waals surface area contributed by atoms with Gasteiger partial charge in [-0.2, -0.15) is 10.2 Å². The van der Waals surface area contributed by atoms with Crippen molar-refractivity contribution in [1.29, 1.82) is 0 Å². The maximum atomic E-state index is 14.1. The number of fused-ring (bicyclic) bond motifs is 8. The van der Waals surface area contributed by atoms with Gasteiger partial charge in [-0.1, -0.05) is 36.4 Å². The number of aromatic nitrogens is 15. The highest BCUT2D eigenvalue weighted by Gasteiger charge is 2.53. The summed E-state index contributed by atoms with van der Waals surface area (Å²) in [4.78, 5) is 102. The van der Waals surface area contributed by atoms with Gasteiger partial charge in [-0.15, -0.1) is 15.0 Å². The molecule has 27 nitrogen and oxygen atoms in total. The smallest absolute Gasteiger partial charge is 0.275 e. The second kappa shape index (κ2) is 33.3. The van der Waals surface area contributed by atoms with Crippen molar-refractivity contribution in [2.75, 3.05) is 26.2 Å². The Labute approximate surface area is 673 Å². The van der Waals surface area contributed by atoms with Gasteiger partial charge in [0.25, 0.3) is 23.6 Å². The summed E-state index contributed by atoms with van der Waals surface area (Å²) in [6, 6.07) is 38.4. The van der Waals surface area contributed by atoms with E-state index in [0.717, 1.165) is 98.1 Å². The Balaban J connectivity index is 0.000000112. The monoisotopic (exact) mass is 1570 g/mol. The molecule has 8 aliphatic rings. The van der Waals surface area contributed by atoms with Crippen LogP contribution >= 0.6 is 0 Å². The van der Waals surface area contributed by atoms with Crippen LogP contribution in [0.25, 0.3) is 34.2 Å². The van der Waals surface area contributed by atoms with Gasteiger partial charge in [0.2, 0.25) is 23.5 Å². The molecule has 8 fully saturated rings. The molecule has 3 aromatic carbocycles. The van der Waals surface area contributed by atoms with E-state index in [1.165, 1.54) is 35.1 Å². The molecule has 0 N–H and O–H groups in total. The number of amides is 4. The number of hydrogen-bond acceptors (Lipinski definition) is 21. The first-order chi connectivity index (χ1) is 56.9. The van der Waals surface area contributed by atoms with Crippen LogP contribution in [0.1, 0.15) is 121 Å². The normalized spacial score (nSPS) is 22.7. The largest absolute Gasteiger partial charge is 0.472 e. The molecule has 12 aromatic rings. The van der Waals surface area contributed by atoms with Gasteiger partial charge < -0.3 is 38.5 Å². The van der Waals surface area contributed by atoms with Gasteiger partial charge in [-0.25, -0.2) is 53.6 Å². The summed E-state index contributed by atoms with van der Waals surface area (Å²) in [7, 11) is 0. The lowest BCUT2D eigenvalue weighted by atomic mass is 10.0. The van der Waals surface area contributed by atoms with Gasteiger partial charge >= 0.3 is 0 Å². The number of halogens is 2. The maximum Gasteiger partial charge on any atom is 0.275 e. The third kappa shape index (κ3) is 16.6. The summed E-state index contributed by atoms with van der Waals surface area (Å²) in [5, 5.41) is 16.1. The predicted octanol–water partition coefficient (Wildman–Crippen LogP) is 12.3. The number of nitrogens with zero attached hydrogens (tertiary/aromatic N) is 19. The van der Waals surface area contributed by atoms with Crippen molar-refractivity contribution in [3.8, 4) is 57.7 Å². The highest BCUT2D eigenvalue weighted by Crippen LogP contribution is 2.45. The van der Waals surface area contributed by atoms with E-state index in [1.54, 1.807) is 97.4 Å². The van der Waals surface area contributed by atoms with E-state index in [1.807, 2.05) is 139 Å². The molecule has 9 aromatic heterocycles. The Hall–Kier alpha value is -13.2. The zero-order valence-corrected chi connectivity index (χ0v) is 65.1. The number of rotatable bonds is 16. The van der Waals surface area contributed by atoms with Crippen LogP contribution in [-0.2, 0) is 0 Å². The number of benzene rings is 3. The predicted molar refractivity (Wildman–Crippen MR) is 424 cm³/mol. The summed E-state index contributed by atoms with van der Waals surface area (Å²) in [6.45, 7) is 12.7. The molecule has 4 saturated heterocycles. The van der Waals surface area contributed by atoms with Gasteiger partial charge in [-0.05, 0) is 205 Å². The lowest BCUT2D eigenvalue weighted by molar-refractivity contribution is 0.0459. The summed E-state index contributed by atoms with van der Waals surface area (Å²) < 4.78 is 54.3. The number of para-hydroxylation sites is 1. The molecule has 4 saturated carbocycles. The second-order valence-electron chi connectivity index (χ2n) is 31.3. The third-order valence-electron chi connectivity index (χ3n) is 23.1. The highest BCUT2D eigenvalue weighted by atomic mass is 19.1. The molecule has 0 spiro atoms. The average Bonchev–Trinajstić information content (AvgIpc) is 1.64. The van der Waals surface area contributed by atoms with Crippen LogP contribution in [0.4, 0.5) is 8.78 Å². The Kier molecular flexibility index (Phi) is 21.8. The maximum absolute atomic E-state index is 14.1. The fourth-order valence-electron chi connectivity index (χ4n) is 17.7. The Morgan fingerprint density at radius 2 is 0.769 bits per heavy atom. The molecule has 0 radical (unpaired) electrons. The Bertz CT molecular complexity index is 5530. The standard InChI is InChI=1S/2C23H21FN4O2.C21H22N6O2.C21H21N5O2/c1-14-3-6-21(27-12-14)30-20-10-15-9-19(20)28(13-15)23(29)17-5-4-16(24)11-18(17)22-25-7-2-8-26-22;1-14-3-6-21(27-12-14)30-20-10-15-9-19(20)28(13-15)23(29)18-11-16(24)4-5-17(18)22-25-7-2-8-26-22;1-13-3-6-19(22-11-13)29-18-10-15-9-17(18)26(12-15)21(28)20-16(5-4-14(2)25-20)27-23-7-8-24-27;1-14-6-7-20(22-10-14)28-19-9-15-8-18(19)26(11-15)21(27)16-4-2-3-5-17(16)25-12-23-24-13-25/h2*2-8,11-12,15,19-20H,9-10,13H2,1H3;3-8,11,15,17-18H,9-10,12H2,1-2H3;2-7,10,12-13,15,18-19H,8-9,11H2,1H3. The van der Waals surface area contributed by atoms with E-state index in [0.29, 0.717) is 106 Å². The Morgan fingerprint density at radius 1 is 0.368 bits per heavy atom. The zero-order chi connectivity index (χ0) is 80.4. The summed E-state index contributed by atoms with van der Waals surface area (Å²) >= 11 is 0. The second-order valence-corrected chi connectivity index (χ2v) is 31.3. The van der Waals surface area contributed by atoms with E-state index >= 15 is 0 Å². The minimum absolute atomic E-state index is 0.0139. The highest BCUT2D eigenvalue weighted by molar-refractivity contribution is 6.02. The van der Waals surface area contributed by atoms with Gasteiger partial charge in [0.05, 0.1) is 58.9 Å². The summed E-state index contributed by atoms with van der Waals surface area (Å²) in [6.07, 6.45) is 27.1. The SMILES string of the molecule is Cc1ccc(OC2CC3CC2N(C(=O)c2cc(F)ccc2-c2ncccn2)C3)nc1.Cc1ccc(OC2CC3CC2N(C(=O)c2ccc(F)cc2-c2ncccn2)C3)nc1.Cc1ccc(OC2CC3CC2N(C(=O)c2ccccc2-n2cnnc2)C3)nc1.Cc1ccc(OC2CC3CC2N(C(=O)c2nc(C)ccc2-n2nccn2)C3)nc1. The minimum atomic E-state index is -0.459. The van der Waals surface area contributed by atoms with Crippen molar-refractivity contribution in [2.45, 2.75) is 135 Å². The first-order valence-electron chi connectivity index (χ1n) is 39.5. The third-order valence-corrected chi connectivity index (χ3v) is 23.1. The van der Waals surface area contributed by atoms with Crippen LogP contribution in [0, 0.1) is 69.9 Å². The van der Waals surface area contributed by atoms with E-state index < -0.39 is 11.6 Å². The fourth-order valence-corrected chi connectivity index (χ4v) is 17.7. The van der Waals surface area contributed by atoms with Crippen molar-refractivity contribution in [1.82, 2.24) is 94.2 Å². The number of pyridine rings is 5. The van der Waals surface area contributed by atoms with Crippen LogP contribution in [0.5, 0.6) is 23.5 Å². The van der Waals surface area contributed by atoms with Crippen LogP contribution in [0.15, 0.2) is 208 Å². The van der Waals surface area contributed by atoms with Gasteiger partial charge in [0.1, 0.15) is 54.4 Å². The number of hydrogen-bond donors (Lipinski definition) is 0. The minimum Gasteiger partial charge on any atom is -0.472 e. The molecule has 12 atom stereocenters. The van der Waals surface area contributed by atoms with Gasteiger partial charge in [0, 0.05) is 117 Å². The first-order valence-corrected chi connectivity index (χ1v) is 39.5. The van der Waals surface area contributed by atoms with Gasteiger partial charge in [0.15, 0.2) is 17.3 Å². The number of carbonyl (C=O) groups is 4. The van der Waals surface area contributed by atoms with E-state index in [9.17, 15) is 28.0 Å². The molecule has 13 heterocycles.